The fourth-order valence-electron chi connectivity index (χ4n) is 2.01. The molecule has 2 aromatic heterocycles. The van der Waals surface area contributed by atoms with Crippen LogP contribution in [0.15, 0.2) is 22.9 Å². The summed E-state index contributed by atoms with van der Waals surface area (Å²) >= 11 is 0. The van der Waals surface area contributed by atoms with Crippen LogP contribution in [0.2, 0.25) is 0 Å². The van der Waals surface area contributed by atoms with Gasteiger partial charge in [0.25, 0.3) is 5.89 Å². The lowest BCUT2D eigenvalue weighted by Crippen LogP contribution is -2.15. The van der Waals surface area contributed by atoms with Crippen molar-refractivity contribution in [3.8, 4) is 11.5 Å². The molecule has 1 fully saturated rings. The van der Waals surface area contributed by atoms with E-state index in [1.807, 2.05) is 6.07 Å². The van der Waals surface area contributed by atoms with Crippen LogP contribution in [0.1, 0.15) is 24.6 Å². The van der Waals surface area contributed by atoms with Gasteiger partial charge in [-0.1, -0.05) is 5.16 Å². The van der Waals surface area contributed by atoms with E-state index in [1.54, 1.807) is 12.3 Å². The van der Waals surface area contributed by atoms with Crippen molar-refractivity contribution >= 4 is 5.82 Å². The monoisotopic (exact) mass is 246 g/mol. The molecule has 18 heavy (non-hydrogen) atoms. The number of nitrogens with zero attached hydrogens (tertiary/aromatic N) is 3. The third-order valence-electron chi connectivity index (χ3n) is 3.06. The molecule has 0 saturated carbocycles. The van der Waals surface area contributed by atoms with E-state index >= 15 is 0 Å². The quantitative estimate of drug-likeness (QED) is 0.866. The van der Waals surface area contributed by atoms with Crippen LogP contribution in [-0.4, -0.2) is 28.3 Å². The molecule has 3 heterocycles. The molecule has 1 saturated heterocycles. The number of pyridine rings is 1. The van der Waals surface area contributed by atoms with E-state index in [0.717, 1.165) is 37.4 Å². The first-order chi connectivity index (χ1) is 8.83. The molecule has 1 aliphatic heterocycles. The Bertz CT molecular complexity index is 517. The highest BCUT2D eigenvalue weighted by Crippen LogP contribution is 2.26. The highest BCUT2D eigenvalue weighted by molar-refractivity contribution is 5.53. The van der Waals surface area contributed by atoms with Crippen molar-refractivity contribution in [1.29, 1.82) is 0 Å². The molecule has 0 amide bonds. The van der Waals surface area contributed by atoms with Crippen molar-refractivity contribution in [2.75, 3.05) is 18.9 Å². The minimum absolute atomic E-state index is 0.331. The fraction of sp³-hybridized carbons (Fsp3) is 0.417. The minimum Gasteiger partial charge on any atom is -0.384 e. The predicted octanol–water partition coefficient (Wildman–Crippen LogP) is 1.61. The van der Waals surface area contributed by atoms with Gasteiger partial charge in [-0.25, -0.2) is 4.98 Å². The van der Waals surface area contributed by atoms with Gasteiger partial charge < -0.3 is 15.0 Å². The predicted molar refractivity (Wildman–Crippen MR) is 64.7 cm³/mol. The molecule has 3 rings (SSSR count). The van der Waals surface area contributed by atoms with Crippen molar-refractivity contribution in [1.82, 2.24) is 15.1 Å². The number of ether oxygens (including phenoxy) is 1. The Labute approximate surface area is 104 Å². The van der Waals surface area contributed by atoms with Crippen molar-refractivity contribution in [2.45, 2.75) is 18.8 Å². The molecule has 2 N–H and O–H groups in total. The van der Waals surface area contributed by atoms with Gasteiger partial charge in [0.2, 0.25) is 0 Å². The average molecular weight is 246 g/mol. The molecule has 0 unspecified atom stereocenters. The SMILES string of the molecule is Nc1ccc(-c2nc(C3CCOCC3)no2)cn1. The lowest BCUT2D eigenvalue weighted by molar-refractivity contribution is 0.0830. The lowest BCUT2D eigenvalue weighted by Gasteiger charge is -2.18. The van der Waals surface area contributed by atoms with Crippen LogP contribution in [-0.2, 0) is 4.74 Å². The normalized spacial score (nSPS) is 16.9. The van der Waals surface area contributed by atoms with Crippen LogP contribution in [0.4, 0.5) is 5.82 Å². The summed E-state index contributed by atoms with van der Waals surface area (Å²) in [6.45, 7) is 1.52. The average Bonchev–Trinajstić information content (AvgIpc) is 2.90. The summed E-state index contributed by atoms with van der Waals surface area (Å²) in [4.78, 5) is 8.43. The Morgan fingerprint density at radius 3 is 2.78 bits per heavy atom. The maximum Gasteiger partial charge on any atom is 0.259 e. The van der Waals surface area contributed by atoms with Crippen molar-refractivity contribution in [3.05, 3.63) is 24.2 Å². The molecule has 0 spiro atoms. The van der Waals surface area contributed by atoms with E-state index < -0.39 is 0 Å². The molecule has 0 aromatic carbocycles. The fourth-order valence-corrected chi connectivity index (χ4v) is 2.01. The molecule has 1 aliphatic rings. The third-order valence-corrected chi connectivity index (χ3v) is 3.06. The first kappa shape index (κ1) is 11.2. The maximum atomic E-state index is 5.54. The molecule has 94 valence electrons. The van der Waals surface area contributed by atoms with Gasteiger partial charge in [0.15, 0.2) is 5.82 Å². The van der Waals surface area contributed by atoms with Gasteiger partial charge >= 0.3 is 0 Å². The smallest absolute Gasteiger partial charge is 0.259 e. The molecule has 0 bridgehead atoms. The highest BCUT2D eigenvalue weighted by Gasteiger charge is 2.21. The van der Waals surface area contributed by atoms with E-state index in [0.29, 0.717) is 17.6 Å². The number of anilines is 1. The zero-order chi connectivity index (χ0) is 12.4. The first-order valence-electron chi connectivity index (χ1n) is 5.96. The summed E-state index contributed by atoms with van der Waals surface area (Å²) in [7, 11) is 0. The Morgan fingerprint density at radius 2 is 2.06 bits per heavy atom. The van der Waals surface area contributed by atoms with Crippen LogP contribution in [0.5, 0.6) is 0 Å². The molecule has 0 radical (unpaired) electrons. The van der Waals surface area contributed by atoms with E-state index in [-0.39, 0.29) is 0 Å². The summed E-state index contributed by atoms with van der Waals surface area (Å²) in [6, 6.07) is 3.54. The van der Waals surface area contributed by atoms with E-state index in [2.05, 4.69) is 15.1 Å². The number of aromatic nitrogens is 3. The zero-order valence-electron chi connectivity index (χ0n) is 9.87. The van der Waals surface area contributed by atoms with E-state index in [1.165, 1.54) is 0 Å². The Kier molecular flexibility index (Phi) is 2.93. The Hall–Kier alpha value is -1.95. The van der Waals surface area contributed by atoms with Crippen molar-refractivity contribution < 1.29 is 9.26 Å². The summed E-state index contributed by atoms with van der Waals surface area (Å²) in [6.07, 6.45) is 3.52. The summed E-state index contributed by atoms with van der Waals surface area (Å²) < 4.78 is 10.6. The number of nitrogens with two attached hydrogens (primary N) is 1. The van der Waals surface area contributed by atoms with E-state index in [9.17, 15) is 0 Å². The second-order valence-electron chi connectivity index (χ2n) is 4.32. The van der Waals surface area contributed by atoms with Crippen LogP contribution in [0, 0.1) is 0 Å². The van der Waals surface area contributed by atoms with Crippen molar-refractivity contribution in [3.63, 3.8) is 0 Å². The summed E-state index contributed by atoms with van der Waals surface area (Å²) in [5, 5.41) is 4.04. The van der Waals surface area contributed by atoms with Crippen LogP contribution < -0.4 is 5.73 Å². The van der Waals surface area contributed by atoms with Gasteiger partial charge in [-0.3, -0.25) is 0 Å². The highest BCUT2D eigenvalue weighted by atomic mass is 16.5. The molecule has 0 atom stereocenters. The number of nitrogen functional groups attached to an aromatic ring is 1. The minimum atomic E-state index is 0.331. The van der Waals surface area contributed by atoms with Gasteiger partial charge in [-0.15, -0.1) is 0 Å². The largest absolute Gasteiger partial charge is 0.384 e. The van der Waals surface area contributed by atoms with Crippen LogP contribution in [0.25, 0.3) is 11.5 Å². The second kappa shape index (κ2) is 4.73. The van der Waals surface area contributed by atoms with Gasteiger partial charge in [-0.05, 0) is 25.0 Å². The van der Waals surface area contributed by atoms with Crippen molar-refractivity contribution in [2.24, 2.45) is 0 Å². The van der Waals surface area contributed by atoms with Gasteiger partial charge in [0, 0.05) is 25.3 Å². The molecular weight excluding hydrogens is 232 g/mol. The standard InChI is InChI=1S/C12H14N4O2/c13-10-2-1-9(7-14-10)12-15-11(16-18-12)8-3-5-17-6-4-8/h1-2,7-8H,3-6H2,(H2,13,14). The molecular formula is C12H14N4O2. The van der Waals surface area contributed by atoms with Gasteiger partial charge in [0.1, 0.15) is 5.82 Å². The first-order valence-corrected chi connectivity index (χ1v) is 5.96. The second-order valence-corrected chi connectivity index (χ2v) is 4.32. The number of rotatable bonds is 2. The molecule has 0 aliphatic carbocycles. The van der Waals surface area contributed by atoms with E-state index in [4.69, 9.17) is 15.0 Å². The molecule has 2 aromatic rings. The van der Waals surface area contributed by atoms with Gasteiger partial charge in [-0.2, -0.15) is 4.98 Å². The van der Waals surface area contributed by atoms with Gasteiger partial charge in [0.05, 0.1) is 5.56 Å². The Morgan fingerprint density at radius 1 is 1.22 bits per heavy atom. The summed E-state index contributed by atoms with van der Waals surface area (Å²) in [5.74, 6) is 2.05. The number of hydrogen-bond acceptors (Lipinski definition) is 6. The molecule has 6 nitrogen and oxygen atoms in total. The third kappa shape index (κ3) is 2.19. The zero-order valence-corrected chi connectivity index (χ0v) is 9.87. The van der Waals surface area contributed by atoms with Crippen LogP contribution in [0.3, 0.4) is 0 Å². The van der Waals surface area contributed by atoms with Crippen LogP contribution >= 0.6 is 0 Å². The lowest BCUT2D eigenvalue weighted by atomic mass is 10.00. The topological polar surface area (TPSA) is 87.1 Å². The number of hydrogen-bond donors (Lipinski definition) is 1. The Balaban J connectivity index is 1.82. The maximum absolute atomic E-state index is 5.54. The summed E-state index contributed by atoms with van der Waals surface area (Å²) in [5.41, 5.74) is 6.32. The molecule has 6 heteroatoms.